The lowest BCUT2D eigenvalue weighted by Gasteiger charge is -2.31. The Morgan fingerprint density at radius 2 is 1.87 bits per heavy atom. The molecule has 0 saturated carbocycles. The smallest absolute Gasteiger partial charge is 0.409 e. The number of hydrogen-bond acceptors (Lipinski definition) is 6. The summed E-state index contributed by atoms with van der Waals surface area (Å²) in [6, 6.07) is 9.73. The van der Waals surface area contributed by atoms with Crippen molar-refractivity contribution in [3.05, 3.63) is 52.2 Å². The Hall–Kier alpha value is -2.43. The molecule has 2 aromatic rings. The monoisotopic (exact) mass is 451 g/mol. The fraction of sp³-hybridized carbons (Fsp3) is 0.400. The number of carbonyl (C=O) groups is 2. The molecule has 2 N–H and O–H groups in total. The van der Waals surface area contributed by atoms with E-state index in [0.29, 0.717) is 44.5 Å². The molecule has 8 nitrogen and oxygen atoms in total. The maximum Gasteiger partial charge on any atom is 0.409 e. The molecule has 30 heavy (non-hydrogen) atoms. The standard InChI is InChI=1S/C20H25N3O5S2/c1-28-20(25)23-12-9-16(10-13-23)22-19(24)15-4-6-18(7-5-15)30(26,27)21-11-8-17-3-2-14-29-17/h2-7,14,16,21H,8-13H2,1H3,(H,22,24). The molecule has 0 atom stereocenters. The third kappa shape index (κ3) is 5.80. The van der Waals surface area contributed by atoms with Gasteiger partial charge in [0.25, 0.3) is 5.91 Å². The number of hydrogen-bond donors (Lipinski definition) is 2. The number of piperidine rings is 1. The Morgan fingerprint density at radius 1 is 1.17 bits per heavy atom. The number of nitrogens with zero attached hydrogens (tertiary/aromatic N) is 1. The molecule has 3 rings (SSSR count). The predicted molar refractivity (Wildman–Crippen MR) is 114 cm³/mol. The third-order valence-electron chi connectivity index (χ3n) is 4.93. The van der Waals surface area contributed by atoms with E-state index in [1.54, 1.807) is 16.2 Å². The summed E-state index contributed by atoms with van der Waals surface area (Å²) in [5.74, 6) is -0.263. The zero-order valence-electron chi connectivity index (χ0n) is 16.7. The first-order valence-corrected chi connectivity index (χ1v) is 12.0. The molecule has 0 unspecified atom stereocenters. The third-order valence-corrected chi connectivity index (χ3v) is 7.35. The van der Waals surface area contributed by atoms with Crippen molar-refractivity contribution < 1.29 is 22.7 Å². The molecule has 1 aromatic heterocycles. The fourth-order valence-corrected chi connectivity index (χ4v) is 4.98. The molecular formula is C20H25N3O5S2. The largest absolute Gasteiger partial charge is 0.453 e. The molecule has 162 valence electrons. The second-order valence-corrected chi connectivity index (χ2v) is 9.76. The van der Waals surface area contributed by atoms with Gasteiger partial charge in [0.1, 0.15) is 0 Å². The van der Waals surface area contributed by atoms with Gasteiger partial charge in [-0.05, 0) is 55.0 Å². The van der Waals surface area contributed by atoms with Crippen molar-refractivity contribution in [3.63, 3.8) is 0 Å². The van der Waals surface area contributed by atoms with Gasteiger partial charge in [-0.25, -0.2) is 17.9 Å². The average molecular weight is 452 g/mol. The quantitative estimate of drug-likeness (QED) is 0.672. The van der Waals surface area contributed by atoms with Crippen molar-refractivity contribution in [2.75, 3.05) is 26.7 Å². The highest BCUT2D eigenvalue weighted by Crippen LogP contribution is 2.15. The maximum absolute atomic E-state index is 12.5. The normalized spacial score (nSPS) is 15.0. The maximum atomic E-state index is 12.5. The summed E-state index contributed by atoms with van der Waals surface area (Å²) in [5, 5.41) is 4.89. The molecule has 0 spiro atoms. The number of thiophene rings is 1. The summed E-state index contributed by atoms with van der Waals surface area (Å²) in [6.45, 7) is 1.35. The lowest BCUT2D eigenvalue weighted by atomic mass is 10.0. The first kappa shape index (κ1) is 22.3. The van der Waals surface area contributed by atoms with Crippen LogP contribution in [0.3, 0.4) is 0 Å². The van der Waals surface area contributed by atoms with E-state index in [0.717, 1.165) is 4.88 Å². The molecular weight excluding hydrogens is 426 g/mol. The number of benzene rings is 1. The van der Waals surface area contributed by atoms with Crippen LogP contribution < -0.4 is 10.0 Å². The minimum atomic E-state index is -3.63. The van der Waals surface area contributed by atoms with Crippen molar-refractivity contribution >= 4 is 33.4 Å². The summed E-state index contributed by atoms with van der Waals surface area (Å²) >= 11 is 1.59. The molecule has 1 aromatic carbocycles. The van der Waals surface area contributed by atoms with E-state index in [-0.39, 0.29) is 22.9 Å². The van der Waals surface area contributed by atoms with Gasteiger partial charge in [-0.3, -0.25) is 4.79 Å². The van der Waals surface area contributed by atoms with Crippen molar-refractivity contribution in [1.82, 2.24) is 14.9 Å². The minimum Gasteiger partial charge on any atom is -0.453 e. The average Bonchev–Trinajstić information content (AvgIpc) is 3.27. The number of amides is 2. The van der Waals surface area contributed by atoms with Gasteiger partial charge in [-0.1, -0.05) is 6.07 Å². The summed E-state index contributed by atoms with van der Waals surface area (Å²) in [7, 11) is -2.28. The van der Waals surface area contributed by atoms with Gasteiger partial charge in [0.2, 0.25) is 10.0 Å². The van der Waals surface area contributed by atoms with Gasteiger partial charge >= 0.3 is 6.09 Å². The van der Waals surface area contributed by atoms with E-state index in [1.807, 2.05) is 17.5 Å². The Morgan fingerprint density at radius 3 is 2.47 bits per heavy atom. The van der Waals surface area contributed by atoms with Gasteiger partial charge in [-0.2, -0.15) is 0 Å². The second kappa shape index (κ2) is 10.1. The lowest BCUT2D eigenvalue weighted by Crippen LogP contribution is -2.46. The predicted octanol–water partition coefficient (Wildman–Crippen LogP) is 2.23. The van der Waals surface area contributed by atoms with Crippen molar-refractivity contribution in [3.8, 4) is 0 Å². The van der Waals surface area contributed by atoms with E-state index in [9.17, 15) is 18.0 Å². The van der Waals surface area contributed by atoms with E-state index in [1.165, 1.54) is 31.4 Å². The Balaban J connectivity index is 1.50. The van der Waals surface area contributed by atoms with Crippen LogP contribution in [-0.2, 0) is 21.2 Å². The van der Waals surface area contributed by atoms with Crippen molar-refractivity contribution in [2.45, 2.75) is 30.2 Å². The SMILES string of the molecule is COC(=O)N1CCC(NC(=O)c2ccc(S(=O)(=O)NCCc3cccs3)cc2)CC1. The van der Waals surface area contributed by atoms with Gasteiger partial charge in [0.05, 0.1) is 12.0 Å². The highest BCUT2D eigenvalue weighted by Gasteiger charge is 2.24. The molecule has 0 bridgehead atoms. The fourth-order valence-electron chi connectivity index (χ4n) is 3.24. The van der Waals surface area contributed by atoms with Crippen LogP contribution in [0.4, 0.5) is 4.79 Å². The first-order chi connectivity index (χ1) is 14.4. The van der Waals surface area contributed by atoms with Gasteiger partial charge in [-0.15, -0.1) is 11.3 Å². The number of nitrogens with one attached hydrogen (secondary N) is 2. The molecule has 1 saturated heterocycles. The molecule has 10 heteroatoms. The van der Waals surface area contributed by atoms with Crippen LogP contribution in [0.1, 0.15) is 28.1 Å². The molecule has 2 heterocycles. The Kier molecular flexibility index (Phi) is 7.46. The summed E-state index contributed by atoms with van der Waals surface area (Å²) < 4.78 is 32.1. The van der Waals surface area contributed by atoms with Crippen LogP contribution >= 0.6 is 11.3 Å². The zero-order chi connectivity index (χ0) is 21.6. The molecule has 0 radical (unpaired) electrons. The number of ether oxygens (including phenoxy) is 1. The first-order valence-electron chi connectivity index (χ1n) is 9.65. The van der Waals surface area contributed by atoms with Gasteiger partial charge in [0, 0.05) is 36.1 Å². The number of carbonyl (C=O) groups excluding carboxylic acids is 2. The van der Waals surface area contributed by atoms with Crippen LogP contribution in [0.25, 0.3) is 0 Å². The molecule has 1 aliphatic heterocycles. The number of methoxy groups -OCH3 is 1. The van der Waals surface area contributed by atoms with Gasteiger partial charge < -0.3 is 15.0 Å². The summed E-state index contributed by atoms with van der Waals surface area (Å²) in [5.41, 5.74) is 0.392. The highest BCUT2D eigenvalue weighted by atomic mass is 32.2. The number of sulfonamides is 1. The topological polar surface area (TPSA) is 105 Å². The van der Waals surface area contributed by atoms with Crippen LogP contribution in [0.15, 0.2) is 46.7 Å². The van der Waals surface area contributed by atoms with E-state index >= 15 is 0 Å². The highest BCUT2D eigenvalue weighted by molar-refractivity contribution is 7.89. The van der Waals surface area contributed by atoms with Crippen LogP contribution in [0.5, 0.6) is 0 Å². The number of likely N-dealkylation sites (tertiary alicyclic amines) is 1. The van der Waals surface area contributed by atoms with Gasteiger partial charge in [0.15, 0.2) is 0 Å². The minimum absolute atomic E-state index is 0.0410. The van der Waals surface area contributed by atoms with Crippen LogP contribution in [0, 0.1) is 0 Å². The molecule has 1 aliphatic rings. The van der Waals surface area contributed by atoms with E-state index < -0.39 is 10.0 Å². The van der Waals surface area contributed by atoms with Crippen LogP contribution in [0.2, 0.25) is 0 Å². The van der Waals surface area contributed by atoms with Crippen LogP contribution in [-0.4, -0.2) is 58.1 Å². The van der Waals surface area contributed by atoms with E-state index in [4.69, 9.17) is 4.74 Å². The second-order valence-electron chi connectivity index (χ2n) is 6.96. The Labute approximate surface area is 180 Å². The van der Waals surface area contributed by atoms with Crippen molar-refractivity contribution in [2.24, 2.45) is 0 Å². The molecule has 1 fully saturated rings. The Bertz CT molecular complexity index is 951. The molecule has 0 aliphatic carbocycles. The molecule has 2 amide bonds. The number of rotatable bonds is 7. The zero-order valence-corrected chi connectivity index (χ0v) is 18.3. The lowest BCUT2D eigenvalue weighted by molar-refractivity contribution is 0.0892. The van der Waals surface area contributed by atoms with Crippen molar-refractivity contribution in [1.29, 1.82) is 0 Å². The van der Waals surface area contributed by atoms with E-state index in [2.05, 4.69) is 10.0 Å². The summed E-state index contributed by atoms with van der Waals surface area (Å²) in [6.07, 6.45) is 1.55. The summed E-state index contributed by atoms with van der Waals surface area (Å²) in [4.78, 5) is 26.8.